The number of hydrazine groups is 1. The van der Waals surface area contributed by atoms with E-state index in [9.17, 15) is 9.59 Å². The monoisotopic (exact) mass is 409 g/mol. The summed E-state index contributed by atoms with van der Waals surface area (Å²) in [6, 6.07) is 11.0. The van der Waals surface area contributed by atoms with Crippen LogP contribution in [0.25, 0.3) is 0 Å². The van der Waals surface area contributed by atoms with Crippen molar-refractivity contribution in [3.63, 3.8) is 0 Å². The first-order valence-electron chi connectivity index (χ1n) is 8.83. The molecule has 0 saturated heterocycles. The summed E-state index contributed by atoms with van der Waals surface area (Å²) in [5.41, 5.74) is 12.1. The molecule has 2 aromatic heterocycles. The quantitative estimate of drug-likeness (QED) is 0.354. The first-order chi connectivity index (χ1) is 14.5. The smallest absolute Gasteiger partial charge is 0.332 e. The second-order valence-electron chi connectivity index (χ2n) is 5.96. The number of aromatic nitrogens is 4. The molecule has 0 bridgehead atoms. The number of ether oxygens (including phenoxy) is 2. The Morgan fingerprint density at radius 1 is 1.03 bits per heavy atom. The van der Waals surface area contributed by atoms with Crippen molar-refractivity contribution in [1.82, 2.24) is 25.4 Å². The van der Waals surface area contributed by atoms with Crippen LogP contribution in [-0.2, 0) is 11.2 Å². The Morgan fingerprint density at radius 3 is 2.43 bits per heavy atom. The number of hydrogen-bond donors (Lipinski definition) is 3. The number of carbonyl (C=O) groups is 2. The Balaban J connectivity index is 1.65. The van der Waals surface area contributed by atoms with Crippen LogP contribution in [0.3, 0.4) is 0 Å². The van der Waals surface area contributed by atoms with Gasteiger partial charge in [0.05, 0.1) is 7.11 Å². The summed E-state index contributed by atoms with van der Waals surface area (Å²) < 4.78 is 10.1. The fraction of sp³-hybridized carbons (Fsp3) is 0.158. The molecule has 1 amide bonds. The molecule has 30 heavy (non-hydrogen) atoms. The van der Waals surface area contributed by atoms with E-state index in [2.05, 4.69) is 30.8 Å². The Hall–Kier alpha value is -4.12. The molecule has 11 heteroatoms. The van der Waals surface area contributed by atoms with Crippen LogP contribution in [0, 0.1) is 0 Å². The average molecular weight is 409 g/mol. The maximum atomic E-state index is 12.3. The maximum Gasteiger partial charge on any atom is 0.332 e. The number of nitrogens with one attached hydrogen (secondary N) is 2. The van der Waals surface area contributed by atoms with Crippen LogP contribution in [-0.4, -0.2) is 45.0 Å². The van der Waals surface area contributed by atoms with Crippen LogP contribution in [0.2, 0.25) is 0 Å². The highest BCUT2D eigenvalue weighted by Crippen LogP contribution is 2.13. The number of rotatable bonds is 8. The van der Waals surface area contributed by atoms with E-state index in [1.807, 2.05) is 30.3 Å². The molecular formula is C19H19N7O4. The van der Waals surface area contributed by atoms with Gasteiger partial charge in [-0.2, -0.15) is 9.97 Å². The Morgan fingerprint density at radius 2 is 1.73 bits per heavy atom. The molecule has 1 unspecified atom stereocenters. The van der Waals surface area contributed by atoms with Gasteiger partial charge in [0, 0.05) is 18.0 Å². The van der Waals surface area contributed by atoms with Crippen LogP contribution in [0.5, 0.6) is 12.0 Å². The normalized spacial score (nSPS) is 11.3. The fourth-order valence-corrected chi connectivity index (χ4v) is 2.34. The standard InChI is InChI=1S/C19H19N7O4/c1-29-18-22-17(26-25-15(27)13-7-9-21-10-8-13)23-19(24-18)30-16(28)14(20)11-12-5-3-2-4-6-12/h2-10,14H,11,20H2,1H3,(H,25,27)(H,22,23,24,26). The van der Waals surface area contributed by atoms with E-state index >= 15 is 0 Å². The average Bonchev–Trinajstić information content (AvgIpc) is 2.78. The highest BCUT2D eigenvalue weighted by Gasteiger charge is 2.19. The van der Waals surface area contributed by atoms with Crippen molar-refractivity contribution in [2.24, 2.45) is 5.73 Å². The molecule has 0 aliphatic carbocycles. The predicted molar refractivity (Wildman–Crippen MR) is 105 cm³/mol. The van der Waals surface area contributed by atoms with Crippen molar-refractivity contribution < 1.29 is 19.1 Å². The van der Waals surface area contributed by atoms with Crippen molar-refractivity contribution in [1.29, 1.82) is 0 Å². The number of nitrogens with two attached hydrogens (primary N) is 1. The summed E-state index contributed by atoms with van der Waals surface area (Å²) in [4.78, 5) is 40.0. The highest BCUT2D eigenvalue weighted by atomic mass is 16.6. The van der Waals surface area contributed by atoms with Crippen molar-refractivity contribution >= 4 is 17.8 Å². The van der Waals surface area contributed by atoms with E-state index in [4.69, 9.17) is 15.2 Å². The van der Waals surface area contributed by atoms with Gasteiger partial charge >= 0.3 is 18.0 Å². The molecule has 0 radical (unpaired) electrons. The maximum absolute atomic E-state index is 12.3. The largest absolute Gasteiger partial charge is 0.467 e. The molecule has 2 heterocycles. The molecule has 0 spiro atoms. The first-order valence-corrected chi connectivity index (χ1v) is 8.83. The molecule has 1 aromatic carbocycles. The van der Waals surface area contributed by atoms with Crippen molar-refractivity contribution in [2.75, 3.05) is 12.5 Å². The zero-order chi connectivity index (χ0) is 21.3. The topological polar surface area (TPSA) is 154 Å². The van der Waals surface area contributed by atoms with Crippen LogP contribution >= 0.6 is 0 Å². The van der Waals surface area contributed by atoms with Gasteiger partial charge in [0.15, 0.2) is 0 Å². The van der Waals surface area contributed by atoms with E-state index in [0.717, 1.165) is 5.56 Å². The lowest BCUT2D eigenvalue weighted by atomic mass is 10.1. The summed E-state index contributed by atoms with van der Waals surface area (Å²) in [6.07, 6.45) is 3.25. The number of anilines is 1. The molecular weight excluding hydrogens is 390 g/mol. The number of benzene rings is 1. The lowest BCUT2D eigenvalue weighted by molar-refractivity contribution is -0.136. The second-order valence-corrected chi connectivity index (χ2v) is 5.96. The number of methoxy groups -OCH3 is 1. The SMILES string of the molecule is COc1nc(NNC(=O)c2ccncc2)nc(OC(=O)C(N)Cc2ccccc2)n1. The molecule has 1 atom stereocenters. The molecule has 3 rings (SSSR count). The van der Waals surface area contributed by atoms with Gasteiger partial charge in [-0.25, -0.2) is 4.79 Å². The minimum atomic E-state index is -0.919. The summed E-state index contributed by atoms with van der Waals surface area (Å²) in [5.74, 6) is -1.26. The first kappa shape index (κ1) is 20.6. The van der Waals surface area contributed by atoms with Crippen molar-refractivity contribution in [2.45, 2.75) is 12.5 Å². The van der Waals surface area contributed by atoms with E-state index in [1.165, 1.54) is 31.6 Å². The van der Waals surface area contributed by atoms with Gasteiger partial charge in [0.25, 0.3) is 11.9 Å². The Labute approximate surface area is 171 Å². The third-order valence-corrected chi connectivity index (χ3v) is 3.80. The number of amides is 1. The van der Waals surface area contributed by atoms with Crippen LogP contribution in [0.1, 0.15) is 15.9 Å². The van der Waals surface area contributed by atoms with Gasteiger partial charge in [0.1, 0.15) is 6.04 Å². The summed E-state index contributed by atoms with van der Waals surface area (Å²) in [7, 11) is 1.33. The van der Waals surface area contributed by atoms with E-state index < -0.39 is 17.9 Å². The lowest BCUT2D eigenvalue weighted by Crippen LogP contribution is -2.36. The molecule has 0 aliphatic heterocycles. The van der Waals surface area contributed by atoms with Gasteiger partial charge in [0.2, 0.25) is 0 Å². The zero-order valence-electron chi connectivity index (χ0n) is 16.0. The minimum absolute atomic E-state index is 0.0938. The third kappa shape index (κ3) is 5.69. The van der Waals surface area contributed by atoms with Crippen LogP contribution in [0.4, 0.5) is 5.95 Å². The van der Waals surface area contributed by atoms with Crippen LogP contribution in [0.15, 0.2) is 54.9 Å². The highest BCUT2D eigenvalue weighted by molar-refractivity contribution is 5.94. The second kappa shape index (κ2) is 9.89. The zero-order valence-corrected chi connectivity index (χ0v) is 16.0. The van der Waals surface area contributed by atoms with Crippen molar-refractivity contribution in [3.8, 4) is 12.0 Å². The van der Waals surface area contributed by atoms with E-state index in [-0.39, 0.29) is 24.4 Å². The summed E-state index contributed by atoms with van der Waals surface area (Å²) in [6.45, 7) is 0. The lowest BCUT2D eigenvalue weighted by Gasteiger charge is -2.12. The molecule has 4 N–H and O–H groups in total. The molecule has 0 fully saturated rings. The Bertz CT molecular complexity index is 1000. The van der Waals surface area contributed by atoms with Gasteiger partial charge < -0.3 is 15.2 Å². The summed E-state index contributed by atoms with van der Waals surface area (Å²) in [5, 5.41) is 0. The van der Waals surface area contributed by atoms with E-state index in [1.54, 1.807) is 0 Å². The Kier molecular flexibility index (Phi) is 6.79. The molecule has 154 valence electrons. The molecule has 0 aliphatic rings. The number of esters is 1. The van der Waals surface area contributed by atoms with Gasteiger partial charge in [-0.1, -0.05) is 30.3 Å². The molecule has 3 aromatic rings. The predicted octanol–water partition coefficient (Wildman–Crippen LogP) is 0.507. The number of hydrogen-bond acceptors (Lipinski definition) is 10. The summed E-state index contributed by atoms with van der Waals surface area (Å²) >= 11 is 0. The van der Waals surface area contributed by atoms with Gasteiger partial charge in [-0.15, -0.1) is 4.98 Å². The number of carbonyl (C=O) groups excluding carboxylic acids is 2. The molecule has 11 nitrogen and oxygen atoms in total. The number of nitrogens with zero attached hydrogens (tertiary/aromatic N) is 4. The fourth-order valence-electron chi connectivity index (χ4n) is 2.34. The van der Waals surface area contributed by atoms with E-state index in [0.29, 0.717) is 5.56 Å². The molecule has 0 saturated carbocycles. The van der Waals surface area contributed by atoms with Crippen molar-refractivity contribution in [3.05, 3.63) is 66.0 Å². The van der Waals surface area contributed by atoms with Gasteiger partial charge in [-0.3, -0.25) is 20.6 Å². The third-order valence-electron chi connectivity index (χ3n) is 3.80. The van der Waals surface area contributed by atoms with Crippen LogP contribution < -0.4 is 26.1 Å². The minimum Gasteiger partial charge on any atom is -0.467 e. The number of pyridine rings is 1. The van der Waals surface area contributed by atoms with Gasteiger partial charge in [-0.05, 0) is 24.1 Å².